The first-order valence-corrected chi connectivity index (χ1v) is 12.1. The zero-order chi connectivity index (χ0) is 31.1. The van der Waals surface area contributed by atoms with Gasteiger partial charge in [0, 0.05) is 12.6 Å². The third-order valence-corrected chi connectivity index (χ3v) is 6.30. The summed E-state index contributed by atoms with van der Waals surface area (Å²) in [7, 11) is 0.925. The molecule has 0 aliphatic carbocycles. The van der Waals surface area contributed by atoms with Gasteiger partial charge in [-0.15, -0.1) is 0 Å². The minimum absolute atomic E-state index is 0.0229. The molecule has 3 rings (SSSR count). The maximum atomic E-state index is 13.6. The Labute approximate surface area is 228 Å². The summed E-state index contributed by atoms with van der Waals surface area (Å²) in [6.07, 6.45) is -18.1. The minimum Gasteiger partial charge on any atom is -0.453 e. The number of carbonyl (C=O) groups excluding carboxylic acids is 2. The zero-order valence-electron chi connectivity index (χ0n) is 22.0. The summed E-state index contributed by atoms with van der Waals surface area (Å²) in [5.41, 5.74) is -5.22. The lowest BCUT2D eigenvalue weighted by Crippen LogP contribution is -2.48. The summed E-state index contributed by atoms with van der Waals surface area (Å²) in [5.74, 6) is 0. The molecule has 0 fully saturated rings. The van der Waals surface area contributed by atoms with Crippen molar-refractivity contribution in [1.29, 1.82) is 0 Å². The zero-order valence-corrected chi connectivity index (χ0v) is 22.0. The van der Waals surface area contributed by atoms with E-state index >= 15 is 0 Å². The Balaban J connectivity index is 2.18. The van der Waals surface area contributed by atoms with Crippen LogP contribution in [0.1, 0.15) is 61.1 Å². The number of rotatable bonds is 4. The van der Waals surface area contributed by atoms with Crippen LogP contribution in [0.25, 0.3) is 0 Å². The van der Waals surface area contributed by atoms with Crippen molar-refractivity contribution in [3.8, 4) is 0 Å². The number of alkyl halides is 9. The third-order valence-electron chi connectivity index (χ3n) is 6.30. The van der Waals surface area contributed by atoms with Crippen LogP contribution in [0.2, 0.25) is 0 Å². The number of benzene rings is 2. The minimum atomic E-state index is -5.15. The molecule has 0 bridgehead atoms. The van der Waals surface area contributed by atoms with E-state index in [2.05, 4.69) is 0 Å². The lowest BCUT2D eigenvalue weighted by atomic mass is 9.89. The topological polar surface area (TPSA) is 59.1 Å². The van der Waals surface area contributed by atoms with Gasteiger partial charge in [-0.25, -0.2) is 9.59 Å². The molecule has 41 heavy (non-hydrogen) atoms. The highest BCUT2D eigenvalue weighted by Gasteiger charge is 2.42. The summed E-state index contributed by atoms with van der Waals surface area (Å²) in [6.45, 7) is 3.66. The van der Waals surface area contributed by atoms with E-state index in [0.29, 0.717) is 24.3 Å². The molecular weight excluding hydrogens is 575 g/mol. The molecule has 0 unspecified atom stereocenters. The monoisotopic (exact) mass is 600 g/mol. The highest BCUT2D eigenvalue weighted by atomic mass is 19.4. The Kier molecular flexibility index (Phi) is 8.80. The Morgan fingerprint density at radius 2 is 1.44 bits per heavy atom. The van der Waals surface area contributed by atoms with E-state index in [0.717, 1.165) is 23.0 Å². The Morgan fingerprint density at radius 1 is 0.902 bits per heavy atom. The van der Waals surface area contributed by atoms with Crippen molar-refractivity contribution < 1.29 is 58.6 Å². The van der Waals surface area contributed by atoms with E-state index < -0.39 is 77.7 Å². The van der Waals surface area contributed by atoms with Crippen LogP contribution < -0.4 is 4.90 Å². The van der Waals surface area contributed by atoms with Gasteiger partial charge in [-0.1, -0.05) is 6.07 Å². The molecule has 0 spiro atoms. The van der Waals surface area contributed by atoms with E-state index in [4.69, 9.17) is 9.47 Å². The maximum absolute atomic E-state index is 13.6. The molecule has 2 atom stereocenters. The Morgan fingerprint density at radius 3 is 1.90 bits per heavy atom. The Hall–Kier alpha value is -3.65. The number of nitrogens with zero attached hydrogens (tertiary/aromatic N) is 2. The lowest BCUT2D eigenvalue weighted by molar-refractivity contribution is -0.143. The van der Waals surface area contributed by atoms with Crippen LogP contribution in [0.5, 0.6) is 0 Å². The van der Waals surface area contributed by atoms with E-state index in [1.165, 1.54) is 20.8 Å². The molecule has 2 aromatic rings. The molecule has 6 nitrogen and oxygen atoms in total. The van der Waals surface area contributed by atoms with Crippen LogP contribution in [0, 0.1) is 0 Å². The fourth-order valence-electron chi connectivity index (χ4n) is 4.56. The molecule has 1 aliphatic rings. The lowest BCUT2D eigenvalue weighted by Gasteiger charge is -2.43. The molecule has 2 aromatic carbocycles. The largest absolute Gasteiger partial charge is 0.453 e. The van der Waals surface area contributed by atoms with Crippen LogP contribution in [0.4, 0.5) is 54.8 Å². The number of hydrogen-bond acceptors (Lipinski definition) is 4. The summed E-state index contributed by atoms with van der Waals surface area (Å²) < 4.78 is 131. The average Bonchev–Trinajstić information content (AvgIpc) is 2.83. The first-order valence-electron chi connectivity index (χ1n) is 12.1. The van der Waals surface area contributed by atoms with E-state index in [9.17, 15) is 49.1 Å². The fourth-order valence-corrected chi connectivity index (χ4v) is 4.56. The molecule has 0 saturated carbocycles. The molecule has 0 aromatic heterocycles. The second-order valence-electron chi connectivity index (χ2n) is 9.69. The first-order chi connectivity index (χ1) is 18.7. The van der Waals surface area contributed by atoms with Gasteiger partial charge in [-0.05, 0) is 68.7 Å². The molecule has 0 N–H and O–H groups in total. The number of anilines is 1. The summed E-state index contributed by atoms with van der Waals surface area (Å²) in [6, 6.07) is 1.04. The number of ether oxygens (including phenoxy) is 2. The number of hydrogen-bond donors (Lipinski definition) is 0. The Bertz CT molecular complexity index is 1260. The third kappa shape index (κ3) is 7.17. The van der Waals surface area contributed by atoms with Crippen molar-refractivity contribution in [3.05, 3.63) is 64.2 Å². The highest BCUT2D eigenvalue weighted by Crippen LogP contribution is 2.45. The van der Waals surface area contributed by atoms with Crippen molar-refractivity contribution in [1.82, 2.24) is 4.90 Å². The van der Waals surface area contributed by atoms with Gasteiger partial charge < -0.3 is 9.47 Å². The predicted molar refractivity (Wildman–Crippen MR) is 127 cm³/mol. The summed E-state index contributed by atoms with van der Waals surface area (Å²) in [4.78, 5) is 27.5. The van der Waals surface area contributed by atoms with Gasteiger partial charge in [0.25, 0.3) is 0 Å². The maximum Gasteiger partial charge on any atom is 0.416 e. The quantitative estimate of drug-likeness (QED) is 0.332. The highest BCUT2D eigenvalue weighted by molar-refractivity contribution is 5.90. The van der Waals surface area contributed by atoms with E-state index in [-0.39, 0.29) is 23.7 Å². The van der Waals surface area contributed by atoms with Gasteiger partial charge in [0.15, 0.2) is 0 Å². The number of amides is 2. The average molecular weight is 600 g/mol. The molecule has 0 saturated heterocycles. The SMILES string of the molecule is COC(=O)N(Cc1cc(C(F)(F)F)cc(C(F)(F)F)c1)[C@H]1C[C@@H](C)N(C(=O)OC(C)C)c2cc(C(F)(F)F)ccc21. The summed E-state index contributed by atoms with van der Waals surface area (Å²) >= 11 is 0. The van der Waals surface area contributed by atoms with Crippen molar-refractivity contribution in [2.45, 2.75) is 70.5 Å². The first kappa shape index (κ1) is 31.9. The van der Waals surface area contributed by atoms with Gasteiger partial charge in [-0.3, -0.25) is 9.80 Å². The smallest absolute Gasteiger partial charge is 0.416 e. The molecule has 1 heterocycles. The second kappa shape index (κ2) is 11.3. The standard InChI is InChI=1S/C26H25F9N2O4/c1-13(2)41-23(39)37-14(3)7-20(19-6-5-16(11-21(19)37)24(27,28)29)36(22(38)40-4)12-15-8-17(25(30,31)32)10-18(9-15)26(33,34)35/h5-6,8-11,13-14,20H,7,12H2,1-4H3/t14-,20+/m1/s1. The number of methoxy groups -OCH3 is 1. The molecular formula is C26H25F9N2O4. The molecule has 15 heteroatoms. The molecule has 2 amide bonds. The van der Waals surface area contributed by atoms with Gasteiger partial charge in [0.1, 0.15) is 0 Å². The van der Waals surface area contributed by atoms with Gasteiger partial charge in [0.2, 0.25) is 0 Å². The summed E-state index contributed by atoms with van der Waals surface area (Å²) in [5, 5.41) is 0. The number of carbonyl (C=O) groups is 2. The van der Waals surface area contributed by atoms with Crippen molar-refractivity contribution in [2.24, 2.45) is 0 Å². The van der Waals surface area contributed by atoms with Crippen molar-refractivity contribution in [2.75, 3.05) is 12.0 Å². The van der Waals surface area contributed by atoms with Crippen LogP contribution in [-0.2, 0) is 34.5 Å². The van der Waals surface area contributed by atoms with Crippen molar-refractivity contribution in [3.63, 3.8) is 0 Å². The number of fused-ring (bicyclic) bond motifs is 1. The molecule has 1 aliphatic heterocycles. The second-order valence-corrected chi connectivity index (χ2v) is 9.69. The normalized spacial score (nSPS) is 17.8. The van der Waals surface area contributed by atoms with Crippen molar-refractivity contribution >= 4 is 17.9 Å². The van der Waals surface area contributed by atoms with Gasteiger partial charge >= 0.3 is 30.7 Å². The van der Waals surface area contributed by atoms with E-state index in [1.54, 1.807) is 0 Å². The fraction of sp³-hybridized carbons (Fsp3) is 0.462. The van der Waals surface area contributed by atoms with Gasteiger partial charge in [-0.2, -0.15) is 39.5 Å². The predicted octanol–water partition coefficient (Wildman–Crippen LogP) is 8.20. The van der Waals surface area contributed by atoms with Gasteiger partial charge in [0.05, 0.1) is 41.6 Å². The van der Waals surface area contributed by atoms with Crippen LogP contribution in [0.3, 0.4) is 0 Å². The van der Waals surface area contributed by atoms with Crippen LogP contribution in [0.15, 0.2) is 36.4 Å². The molecule has 226 valence electrons. The van der Waals surface area contributed by atoms with E-state index in [1.807, 2.05) is 0 Å². The number of halogens is 9. The van der Waals surface area contributed by atoms with Crippen LogP contribution >= 0.6 is 0 Å². The van der Waals surface area contributed by atoms with Crippen LogP contribution in [-0.4, -0.2) is 36.3 Å². The molecule has 0 radical (unpaired) electrons.